The first-order chi connectivity index (χ1) is 15.6. The fourth-order valence-electron chi connectivity index (χ4n) is 3.40. The lowest BCUT2D eigenvalue weighted by atomic mass is 10.2. The molecule has 1 N–H and O–H groups in total. The highest BCUT2D eigenvalue weighted by Crippen LogP contribution is 2.29. The van der Waals surface area contributed by atoms with Crippen LogP contribution in [0.2, 0.25) is 0 Å². The summed E-state index contributed by atoms with van der Waals surface area (Å²) in [7, 11) is 0. The van der Waals surface area contributed by atoms with Crippen molar-refractivity contribution in [2.24, 2.45) is 0 Å². The van der Waals surface area contributed by atoms with Gasteiger partial charge in [-0.3, -0.25) is 9.59 Å². The molecule has 1 aliphatic heterocycles. The van der Waals surface area contributed by atoms with E-state index < -0.39 is 18.5 Å². The standard InChI is InChI=1S/C25H22N2O5/c28-23(26-21-9-4-5-10-22(21)27-16-6-11-24(27)29)17-31-25(30)18-12-14-20(15-13-18)32-19-7-2-1-3-8-19/h1-5,7-10,12-15H,6,11,16-17H2,(H,26,28). The predicted octanol–water partition coefficient (Wildman–Crippen LogP) is 4.40. The molecule has 1 fully saturated rings. The summed E-state index contributed by atoms with van der Waals surface area (Å²) in [6, 6.07) is 22.8. The van der Waals surface area contributed by atoms with E-state index in [1.807, 2.05) is 36.4 Å². The monoisotopic (exact) mass is 430 g/mol. The van der Waals surface area contributed by atoms with Crippen molar-refractivity contribution in [3.8, 4) is 11.5 Å². The Morgan fingerprint density at radius 3 is 2.28 bits per heavy atom. The molecule has 4 rings (SSSR count). The Morgan fingerprint density at radius 1 is 0.875 bits per heavy atom. The van der Waals surface area contributed by atoms with Gasteiger partial charge in [0.05, 0.1) is 16.9 Å². The van der Waals surface area contributed by atoms with Crippen LogP contribution < -0.4 is 15.0 Å². The summed E-state index contributed by atoms with van der Waals surface area (Å²) < 4.78 is 10.8. The summed E-state index contributed by atoms with van der Waals surface area (Å²) >= 11 is 0. The van der Waals surface area contributed by atoms with Crippen molar-refractivity contribution in [3.05, 3.63) is 84.4 Å². The van der Waals surface area contributed by atoms with Gasteiger partial charge in [-0.2, -0.15) is 0 Å². The molecule has 0 spiro atoms. The number of rotatable bonds is 7. The van der Waals surface area contributed by atoms with E-state index in [-0.39, 0.29) is 5.91 Å². The van der Waals surface area contributed by atoms with E-state index in [1.54, 1.807) is 47.4 Å². The van der Waals surface area contributed by atoms with E-state index >= 15 is 0 Å². The average molecular weight is 430 g/mol. The van der Waals surface area contributed by atoms with E-state index in [0.717, 1.165) is 6.42 Å². The molecule has 0 aromatic heterocycles. The van der Waals surface area contributed by atoms with Crippen molar-refractivity contribution < 1.29 is 23.9 Å². The Morgan fingerprint density at radius 2 is 1.56 bits per heavy atom. The van der Waals surface area contributed by atoms with E-state index in [9.17, 15) is 14.4 Å². The quantitative estimate of drug-likeness (QED) is 0.562. The topological polar surface area (TPSA) is 84.9 Å². The molecule has 2 amide bonds. The summed E-state index contributed by atoms with van der Waals surface area (Å²) in [6.07, 6.45) is 1.28. The van der Waals surface area contributed by atoms with Crippen LogP contribution in [0, 0.1) is 0 Å². The van der Waals surface area contributed by atoms with Gasteiger partial charge in [-0.15, -0.1) is 0 Å². The highest BCUT2D eigenvalue weighted by atomic mass is 16.5. The highest BCUT2D eigenvalue weighted by Gasteiger charge is 2.24. The fourth-order valence-corrected chi connectivity index (χ4v) is 3.40. The van der Waals surface area contributed by atoms with Crippen molar-refractivity contribution >= 4 is 29.2 Å². The zero-order chi connectivity index (χ0) is 22.3. The molecule has 32 heavy (non-hydrogen) atoms. The number of esters is 1. The number of benzene rings is 3. The van der Waals surface area contributed by atoms with E-state index in [4.69, 9.17) is 9.47 Å². The molecule has 1 heterocycles. The van der Waals surface area contributed by atoms with Crippen LogP contribution in [0.1, 0.15) is 23.2 Å². The Kier molecular flexibility index (Phi) is 6.46. The molecule has 3 aromatic carbocycles. The summed E-state index contributed by atoms with van der Waals surface area (Å²) in [6.45, 7) is 0.175. The van der Waals surface area contributed by atoms with Gasteiger partial charge in [-0.25, -0.2) is 4.79 Å². The van der Waals surface area contributed by atoms with Crippen LogP contribution in [0.25, 0.3) is 0 Å². The van der Waals surface area contributed by atoms with Gasteiger partial charge in [-0.1, -0.05) is 30.3 Å². The number of para-hydroxylation sites is 3. The van der Waals surface area contributed by atoms with Gasteiger partial charge in [0.25, 0.3) is 5.91 Å². The lowest BCUT2D eigenvalue weighted by molar-refractivity contribution is -0.119. The van der Waals surface area contributed by atoms with Gasteiger partial charge in [0, 0.05) is 13.0 Å². The zero-order valence-corrected chi connectivity index (χ0v) is 17.3. The number of hydrogen-bond donors (Lipinski definition) is 1. The number of hydrogen-bond acceptors (Lipinski definition) is 5. The lowest BCUT2D eigenvalue weighted by Crippen LogP contribution is -2.27. The van der Waals surface area contributed by atoms with Crippen LogP contribution in [-0.2, 0) is 14.3 Å². The third kappa shape index (κ3) is 5.13. The number of nitrogens with one attached hydrogen (secondary N) is 1. The summed E-state index contributed by atoms with van der Waals surface area (Å²) in [4.78, 5) is 38.3. The van der Waals surface area contributed by atoms with Gasteiger partial charge in [-0.05, 0) is 55.0 Å². The minimum absolute atomic E-state index is 0.0258. The third-order valence-corrected chi connectivity index (χ3v) is 4.95. The molecular formula is C25H22N2O5. The number of carbonyl (C=O) groups excluding carboxylic acids is 3. The van der Waals surface area contributed by atoms with Crippen molar-refractivity contribution in [1.82, 2.24) is 0 Å². The maximum atomic E-state index is 12.3. The van der Waals surface area contributed by atoms with E-state index in [0.29, 0.717) is 41.4 Å². The first-order valence-electron chi connectivity index (χ1n) is 10.3. The normalized spacial score (nSPS) is 13.0. The minimum atomic E-state index is -0.616. The second-order valence-corrected chi connectivity index (χ2v) is 7.23. The number of ether oxygens (including phenoxy) is 2. The van der Waals surface area contributed by atoms with Crippen LogP contribution in [0.5, 0.6) is 11.5 Å². The zero-order valence-electron chi connectivity index (χ0n) is 17.3. The fraction of sp³-hybridized carbons (Fsp3) is 0.160. The smallest absolute Gasteiger partial charge is 0.338 e. The molecule has 0 unspecified atom stereocenters. The first-order valence-corrected chi connectivity index (χ1v) is 10.3. The van der Waals surface area contributed by atoms with Crippen LogP contribution >= 0.6 is 0 Å². The molecule has 7 heteroatoms. The molecule has 1 aliphatic rings. The Bertz CT molecular complexity index is 1110. The van der Waals surface area contributed by atoms with Crippen LogP contribution in [0.4, 0.5) is 11.4 Å². The molecule has 0 radical (unpaired) electrons. The molecule has 0 saturated carbocycles. The molecule has 0 bridgehead atoms. The maximum absolute atomic E-state index is 12.3. The van der Waals surface area contributed by atoms with Crippen LogP contribution in [0.3, 0.4) is 0 Å². The van der Waals surface area contributed by atoms with Crippen molar-refractivity contribution in [3.63, 3.8) is 0 Å². The van der Waals surface area contributed by atoms with E-state index in [2.05, 4.69) is 5.32 Å². The summed E-state index contributed by atoms with van der Waals surface area (Å²) in [5.74, 6) is 0.197. The molecule has 7 nitrogen and oxygen atoms in total. The van der Waals surface area contributed by atoms with Gasteiger partial charge in [0.15, 0.2) is 6.61 Å². The van der Waals surface area contributed by atoms with Gasteiger partial charge in [0.2, 0.25) is 5.91 Å². The summed E-state index contributed by atoms with van der Waals surface area (Å²) in [5.41, 5.74) is 1.45. The van der Waals surface area contributed by atoms with Crippen LogP contribution in [-0.4, -0.2) is 30.9 Å². The summed E-state index contributed by atoms with van der Waals surface area (Å²) in [5, 5.41) is 2.72. The molecule has 0 aliphatic carbocycles. The predicted molar refractivity (Wildman–Crippen MR) is 120 cm³/mol. The third-order valence-electron chi connectivity index (χ3n) is 4.95. The van der Waals surface area contributed by atoms with Crippen molar-refractivity contribution in [1.29, 1.82) is 0 Å². The number of nitrogens with zero attached hydrogens (tertiary/aromatic N) is 1. The number of carbonyl (C=O) groups is 3. The Hall–Kier alpha value is -4.13. The lowest BCUT2D eigenvalue weighted by Gasteiger charge is -2.19. The molecule has 1 saturated heterocycles. The second kappa shape index (κ2) is 9.78. The van der Waals surface area contributed by atoms with Crippen molar-refractivity contribution in [2.45, 2.75) is 12.8 Å². The molecule has 3 aromatic rings. The van der Waals surface area contributed by atoms with Crippen LogP contribution in [0.15, 0.2) is 78.9 Å². The number of anilines is 2. The highest BCUT2D eigenvalue weighted by molar-refractivity contribution is 6.02. The second-order valence-electron chi connectivity index (χ2n) is 7.23. The largest absolute Gasteiger partial charge is 0.457 e. The van der Waals surface area contributed by atoms with Gasteiger partial charge >= 0.3 is 5.97 Å². The molecule has 162 valence electrons. The maximum Gasteiger partial charge on any atom is 0.338 e. The van der Waals surface area contributed by atoms with E-state index in [1.165, 1.54) is 0 Å². The van der Waals surface area contributed by atoms with Gasteiger partial charge in [0.1, 0.15) is 11.5 Å². The van der Waals surface area contributed by atoms with Gasteiger partial charge < -0.3 is 19.7 Å². The molecular weight excluding hydrogens is 408 g/mol. The SMILES string of the molecule is O=C(COC(=O)c1ccc(Oc2ccccc2)cc1)Nc1ccccc1N1CCCC1=O. The Balaban J connectivity index is 1.32. The molecule has 0 atom stereocenters. The Labute approximate surface area is 185 Å². The van der Waals surface area contributed by atoms with Crippen molar-refractivity contribution in [2.75, 3.05) is 23.4 Å². The average Bonchev–Trinajstić information content (AvgIpc) is 3.24. The first kappa shape index (κ1) is 21.1. The minimum Gasteiger partial charge on any atom is -0.457 e. The number of amides is 2.